The molecule has 0 amide bonds. The van der Waals surface area contributed by atoms with Crippen LogP contribution in [0.2, 0.25) is 0 Å². The fourth-order valence-electron chi connectivity index (χ4n) is 1.84. The van der Waals surface area contributed by atoms with Gasteiger partial charge in [0, 0.05) is 5.92 Å². The predicted octanol–water partition coefficient (Wildman–Crippen LogP) is 3.69. The lowest BCUT2D eigenvalue weighted by atomic mass is 9.92. The van der Waals surface area contributed by atoms with Gasteiger partial charge in [0.1, 0.15) is 0 Å². The number of hydrogen-bond acceptors (Lipinski definition) is 2. The highest BCUT2D eigenvalue weighted by atomic mass is 16.5. The Labute approximate surface area is 104 Å². The molecule has 1 N–H and O–H groups in total. The quantitative estimate of drug-likeness (QED) is 0.729. The highest BCUT2D eigenvalue weighted by Gasteiger charge is 2.17. The molecular formula is C15H22O2. The number of rotatable bonds is 7. The summed E-state index contributed by atoms with van der Waals surface area (Å²) in [4.78, 5) is 0. The second-order valence-electron chi connectivity index (χ2n) is 4.09. The Kier molecular flexibility index (Phi) is 6.41. The van der Waals surface area contributed by atoms with Crippen LogP contribution >= 0.6 is 0 Å². The summed E-state index contributed by atoms with van der Waals surface area (Å²) in [6.45, 7) is 4.74. The molecule has 0 heterocycles. The fourth-order valence-corrected chi connectivity index (χ4v) is 1.84. The fraction of sp³-hybridized carbons (Fsp3) is 0.467. The summed E-state index contributed by atoms with van der Waals surface area (Å²) in [6.07, 6.45) is 5.22. The van der Waals surface area contributed by atoms with Gasteiger partial charge in [-0.15, -0.1) is 0 Å². The van der Waals surface area contributed by atoms with Crippen molar-refractivity contribution in [1.82, 2.24) is 0 Å². The van der Waals surface area contributed by atoms with E-state index in [4.69, 9.17) is 4.74 Å². The Balaban J connectivity index is 2.69. The molecular weight excluding hydrogens is 212 g/mol. The van der Waals surface area contributed by atoms with E-state index in [9.17, 15) is 5.11 Å². The molecule has 0 bridgehead atoms. The van der Waals surface area contributed by atoms with Crippen LogP contribution in [0.4, 0.5) is 0 Å². The molecule has 2 heteroatoms. The first-order valence-electron chi connectivity index (χ1n) is 6.30. The van der Waals surface area contributed by atoms with Crippen molar-refractivity contribution in [3.8, 4) is 0 Å². The van der Waals surface area contributed by atoms with Crippen LogP contribution in [0.15, 0.2) is 42.7 Å². The normalized spacial score (nSPS) is 14.8. The molecule has 0 aromatic heterocycles. The van der Waals surface area contributed by atoms with Crippen molar-refractivity contribution in [3.05, 3.63) is 48.2 Å². The van der Waals surface area contributed by atoms with E-state index >= 15 is 0 Å². The summed E-state index contributed by atoms with van der Waals surface area (Å²) in [7, 11) is 0. The maximum absolute atomic E-state index is 10.3. The van der Waals surface area contributed by atoms with Crippen molar-refractivity contribution < 1.29 is 9.84 Å². The maximum atomic E-state index is 10.3. The summed E-state index contributed by atoms with van der Waals surface area (Å²) < 4.78 is 5.20. The molecule has 17 heavy (non-hydrogen) atoms. The zero-order chi connectivity index (χ0) is 12.5. The van der Waals surface area contributed by atoms with Crippen LogP contribution in [0, 0.1) is 5.92 Å². The molecule has 1 aromatic carbocycles. The van der Waals surface area contributed by atoms with Crippen molar-refractivity contribution in [1.29, 1.82) is 0 Å². The highest BCUT2D eigenvalue weighted by molar-refractivity contribution is 5.19. The first kappa shape index (κ1) is 13.8. The second kappa shape index (κ2) is 7.91. The van der Waals surface area contributed by atoms with E-state index in [1.165, 1.54) is 0 Å². The summed E-state index contributed by atoms with van der Waals surface area (Å²) in [5.41, 5.74) is 0.965. The van der Waals surface area contributed by atoms with Crippen molar-refractivity contribution in [2.75, 3.05) is 6.61 Å². The third-order valence-electron chi connectivity index (χ3n) is 2.76. The lowest BCUT2D eigenvalue weighted by molar-refractivity contribution is 0.124. The monoisotopic (exact) mass is 234 g/mol. The summed E-state index contributed by atoms with van der Waals surface area (Å²) in [5.74, 6) is 0.119. The molecule has 2 nitrogen and oxygen atoms in total. The minimum absolute atomic E-state index is 0.119. The second-order valence-corrected chi connectivity index (χ2v) is 4.09. The third-order valence-corrected chi connectivity index (χ3v) is 2.76. The van der Waals surface area contributed by atoms with E-state index in [0.29, 0.717) is 6.61 Å². The molecule has 0 radical (unpaired) electrons. The molecule has 0 spiro atoms. The van der Waals surface area contributed by atoms with Gasteiger partial charge < -0.3 is 9.84 Å². The number of ether oxygens (including phenoxy) is 1. The minimum Gasteiger partial charge on any atom is -0.502 e. The van der Waals surface area contributed by atoms with E-state index in [2.05, 4.69) is 6.92 Å². The Hall–Kier alpha value is -1.28. The van der Waals surface area contributed by atoms with Gasteiger partial charge in [0.15, 0.2) is 0 Å². The molecule has 0 aliphatic rings. The van der Waals surface area contributed by atoms with Gasteiger partial charge in [0.2, 0.25) is 0 Å². The van der Waals surface area contributed by atoms with Gasteiger partial charge in [-0.1, -0.05) is 43.7 Å². The van der Waals surface area contributed by atoms with Crippen LogP contribution in [0.25, 0.3) is 0 Å². The van der Waals surface area contributed by atoms with Crippen LogP contribution in [0.3, 0.4) is 0 Å². The van der Waals surface area contributed by atoms with Gasteiger partial charge in [-0.3, -0.25) is 0 Å². The predicted molar refractivity (Wildman–Crippen MR) is 70.6 cm³/mol. The number of aliphatic hydroxyl groups is 1. The van der Waals surface area contributed by atoms with Crippen LogP contribution in [-0.2, 0) is 4.74 Å². The third kappa shape index (κ3) is 4.61. The highest BCUT2D eigenvalue weighted by Crippen LogP contribution is 2.26. The SMILES string of the molecule is CCCC(C=COCC)C(O)c1ccccc1. The molecule has 2 unspecified atom stereocenters. The Bertz CT molecular complexity index is 319. The number of hydrogen-bond donors (Lipinski definition) is 1. The van der Waals surface area contributed by atoms with Crippen molar-refractivity contribution >= 4 is 0 Å². The number of benzene rings is 1. The van der Waals surface area contributed by atoms with Crippen LogP contribution in [-0.4, -0.2) is 11.7 Å². The summed E-state index contributed by atoms with van der Waals surface area (Å²) in [6, 6.07) is 9.78. The van der Waals surface area contributed by atoms with Gasteiger partial charge in [-0.05, 0) is 25.0 Å². The molecule has 0 aliphatic heterocycles. The topological polar surface area (TPSA) is 29.5 Å². The van der Waals surface area contributed by atoms with Crippen LogP contribution in [0.1, 0.15) is 38.4 Å². The molecule has 0 aliphatic carbocycles. The molecule has 0 saturated carbocycles. The molecule has 1 rings (SSSR count). The lowest BCUT2D eigenvalue weighted by Gasteiger charge is -2.19. The van der Waals surface area contributed by atoms with Gasteiger partial charge >= 0.3 is 0 Å². The standard InChI is InChI=1S/C15H22O2/c1-3-8-13(11-12-17-4-2)15(16)14-9-6-5-7-10-14/h5-7,9-13,15-16H,3-4,8H2,1-2H3. The summed E-state index contributed by atoms with van der Waals surface area (Å²) in [5, 5.41) is 10.3. The van der Waals surface area contributed by atoms with Crippen LogP contribution < -0.4 is 0 Å². The van der Waals surface area contributed by atoms with Crippen LogP contribution in [0.5, 0.6) is 0 Å². The smallest absolute Gasteiger partial charge is 0.0853 e. The van der Waals surface area contributed by atoms with E-state index < -0.39 is 6.10 Å². The Morgan fingerprint density at radius 2 is 1.94 bits per heavy atom. The molecule has 94 valence electrons. The molecule has 0 fully saturated rings. The average Bonchev–Trinajstić information content (AvgIpc) is 2.38. The average molecular weight is 234 g/mol. The maximum Gasteiger partial charge on any atom is 0.0853 e. The van der Waals surface area contributed by atoms with Gasteiger partial charge in [-0.25, -0.2) is 0 Å². The molecule has 0 saturated heterocycles. The Morgan fingerprint density at radius 3 is 2.53 bits per heavy atom. The summed E-state index contributed by atoms with van der Waals surface area (Å²) >= 11 is 0. The first-order chi connectivity index (χ1) is 8.29. The lowest BCUT2D eigenvalue weighted by Crippen LogP contribution is -2.10. The van der Waals surface area contributed by atoms with E-state index in [1.807, 2.05) is 43.3 Å². The van der Waals surface area contributed by atoms with Crippen molar-refractivity contribution in [3.63, 3.8) is 0 Å². The largest absolute Gasteiger partial charge is 0.502 e. The zero-order valence-corrected chi connectivity index (χ0v) is 10.7. The van der Waals surface area contributed by atoms with Gasteiger partial charge in [-0.2, -0.15) is 0 Å². The molecule has 1 aromatic rings. The van der Waals surface area contributed by atoms with E-state index in [-0.39, 0.29) is 5.92 Å². The van der Waals surface area contributed by atoms with E-state index in [1.54, 1.807) is 6.26 Å². The minimum atomic E-state index is -0.451. The van der Waals surface area contributed by atoms with Crippen molar-refractivity contribution in [2.24, 2.45) is 5.92 Å². The van der Waals surface area contributed by atoms with Gasteiger partial charge in [0.05, 0.1) is 19.0 Å². The molecule has 2 atom stereocenters. The van der Waals surface area contributed by atoms with Gasteiger partial charge in [0.25, 0.3) is 0 Å². The van der Waals surface area contributed by atoms with Crippen molar-refractivity contribution in [2.45, 2.75) is 32.8 Å². The number of aliphatic hydroxyl groups excluding tert-OH is 1. The first-order valence-corrected chi connectivity index (χ1v) is 6.30. The van der Waals surface area contributed by atoms with E-state index in [0.717, 1.165) is 18.4 Å². The Morgan fingerprint density at radius 1 is 1.24 bits per heavy atom. The zero-order valence-electron chi connectivity index (χ0n) is 10.7.